The van der Waals surface area contributed by atoms with Gasteiger partial charge in [0.25, 0.3) is 0 Å². The topological polar surface area (TPSA) is 24.9 Å². The zero-order valence-electron chi connectivity index (χ0n) is 11.9. The lowest BCUT2D eigenvalue weighted by Crippen LogP contribution is -2.45. The van der Waals surface area contributed by atoms with Crippen molar-refractivity contribution in [3.8, 4) is 0 Å². The minimum atomic E-state index is 0.202. The summed E-state index contributed by atoms with van der Waals surface area (Å²) in [5.41, 5.74) is 0. The Morgan fingerprint density at radius 1 is 0.722 bits per heavy atom. The van der Waals surface area contributed by atoms with Crippen LogP contribution >= 0.6 is 0 Å². The Bertz CT molecular complexity index is 202. The van der Waals surface area contributed by atoms with E-state index in [1.54, 1.807) is 0 Å². The van der Waals surface area contributed by atoms with Crippen LogP contribution in [0.1, 0.15) is 25.7 Å². The van der Waals surface area contributed by atoms with Gasteiger partial charge >= 0.3 is 0 Å². The number of rotatable bonds is 7. The lowest BCUT2D eigenvalue weighted by atomic mass is 10.1. The first-order valence-electron chi connectivity index (χ1n) is 7.34. The number of hydrogen-bond acceptors (Lipinski definition) is 4. The second kappa shape index (κ2) is 7.43. The van der Waals surface area contributed by atoms with Gasteiger partial charge in [-0.05, 0) is 51.9 Å². The van der Waals surface area contributed by atoms with Gasteiger partial charge in [0.2, 0.25) is 0 Å². The number of methoxy groups -OCH3 is 2. The van der Waals surface area contributed by atoms with Crippen LogP contribution in [0.25, 0.3) is 0 Å². The molecule has 0 unspecified atom stereocenters. The van der Waals surface area contributed by atoms with E-state index in [2.05, 4.69) is 9.80 Å². The molecule has 2 atom stereocenters. The maximum Gasteiger partial charge on any atom is 0.0971 e. The quantitative estimate of drug-likeness (QED) is 0.683. The van der Waals surface area contributed by atoms with Crippen LogP contribution in [-0.4, -0.2) is 75.5 Å². The predicted octanol–water partition coefficient (Wildman–Crippen LogP) is 1.21. The third kappa shape index (κ3) is 3.92. The highest BCUT2D eigenvalue weighted by atomic mass is 16.5. The monoisotopic (exact) mass is 256 g/mol. The van der Waals surface area contributed by atoms with Crippen LogP contribution in [0.2, 0.25) is 0 Å². The summed E-state index contributed by atoms with van der Waals surface area (Å²) in [6.45, 7) is 6.92. The Hall–Kier alpha value is -0.160. The van der Waals surface area contributed by atoms with Gasteiger partial charge in [0.1, 0.15) is 0 Å². The zero-order valence-corrected chi connectivity index (χ0v) is 11.9. The Morgan fingerprint density at radius 3 is 1.33 bits per heavy atom. The van der Waals surface area contributed by atoms with Crippen LogP contribution in [-0.2, 0) is 9.47 Å². The lowest BCUT2D eigenvalue weighted by Gasteiger charge is -2.31. The van der Waals surface area contributed by atoms with Gasteiger partial charge in [-0.1, -0.05) is 0 Å². The molecule has 0 aromatic carbocycles. The summed E-state index contributed by atoms with van der Waals surface area (Å²) in [5, 5.41) is 0. The molecule has 106 valence electrons. The van der Waals surface area contributed by atoms with Crippen molar-refractivity contribution in [3.05, 3.63) is 0 Å². The van der Waals surface area contributed by atoms with E-state index in [4.69, 9.17) is 9.47 Å². The Balaban J connectivity index is 1.81. The number of hydrogen-bond donors (Lipinski definition) is 0. The molecule has 0 saturated carbocycles. The molecule has 2 aliphatic heterocycles. The highest BCUT2D eigenvalue weighted by molar-refractivity contribution is 4.81. The molecule has 0 aromatic heterocycles. The summed E-state index contributed by atoms with van der Waals surface area (Å²) >= 11 is 0. The van der Waals surface area contributed by atoms with Crippen LogP contribution < -0.4 is 0 Å². The Kier molecular flexibility index (Phi) is 5.89. The van der Waals surface area contributed by atoms with Gasteiger partial charge in [-0.15, -0.1) is 0 Å². The molecule has 2 aliphatic rings. The van der Waals surface area contributed by atoms with Crippen LogP contribution in [0.15, 0.2) is 0 Å². The molecular weight excluding hydrogens is 228 g/mol. The molecule has 0 aromatic rings. The highest BCUT2D eigenvalue weighted by Gasteiger charge is 2.27. The van der Waals surface area contributed by atoms with E-state index in [0.717, 1.165) is 13.1 Å². The van der Waals surface area contributed by atoms with Gasteiger partial charge in [-0.3, -0.25) is 0 Å². The standard InChI is InChI=1S/C14H28N2O2/c1-17-13(11-15-7-3-4-8-15)14(18-2)12-16-9-5-6-10-16/h13-14H,3-12H2,1-2H3/t13-,14-/m1/s1. The van der Waals surface area contributed by atoms with Gasteiger partial charge in [-0.25, -0.2) is 0 Å². The molecule has 0 aliphatic carbocycles. The number of ether oxygens (including phenoxy) is 2. The second-order valence-corrected chi connectivity index (χ2v) is 5.56. The minimum absolute atomic E-state index is 0.202. The highest BCUT2D eigenvalue weighted by Crippen LogP contribution is 2.15. The van der Waals surface area contributed by atoms with Crippen molar-refractivity contribution in [3.63, 3.8) is 0 Å². The molecule has 4 nitrogen and oxygen atoms in total. The van der Waals surface area contributed by atoms with E-state index >= 15 is 0 Å². The van der Waals surface area contributed by atoms with E-state index in [9.17, 15) is 0 Å². The molecule has 0 spiro atoms. The Labute approximate surface area is 111 Å². The van der Waals surface area contributed by atoms with Gasteiger partial charge in [0.05, 0.1) is 12.2 Å². The van der Waals surface area contributed by atoms with E-state index in [-0.39, 0.29) is 12.2 Å². The van der Waals surface area contributed by atoms with Gasteiger partial charge < -0.3 is 19.3 Å². The summed E-state index contributed by atoms with van der Waals surface area (Å²) in [6, 6.07) is 0. The maximum atomic E-state index is 5.68. The summed E-state index contributed by atoms with van der Waals surface area (Å²) < 4.78 is 11.4. The van der Waals surface area contributed by atoms with Crippen molar-refractivity contribution in [2.45, 2.75) is 37.9 Å². The van der Waals surface area contributed by atoms with Crippen LogP contribution in [0.4, 0.5) is 0 Å². The summed E-state index contributed by atoms with van der Waals surface area (Å²) in [7, 11) is 3.63. The molecule has 0 N–H and O–H groups in total. The molecule has 4 heteroatoms. The third-order valence-corrected chi connectivity index (χ3v) is 4.29. The number of nitrogens with zero attached hydrogens (tertiary/aromatic N) is 2. The summed E-state index contributed by atoms with van der Waals surface area (Å²) in [5.74, 6) is 0. The second-order valence-electron chi connectivity index (χ2n) is 5.56. The molecule has 18 heavy (non-hydrogen) atoms. The zero-order chi connectivity index (χ0) is 12.8. The van der Waals surface area contributed by atoms with E-state index in [0.29, 0.717) is 0 Å². The first-order chi connectivity index (χ1) is 8.83. The van der Waals surface area contributed by atoms with E-state index < -0.39 is 0 Å². The summed E-state index contributed by atoms with van der Waals surface area (Å²) in [4.78, 5) is 5.01. The van der Waals surface area contributed by atoms with Crippen molar-refractivity contribution in [1.29, 1.82) is 0 Å². The van der Waals surface area contributed by atoms with Gasteiger partial charge in [0, 0.05) is 27.3 Å². The fourth-order valence-corrected chi connectivity index (χ4v) is 3.13. The molecule has 2 fully saturated rings. The molecule has 2 rings (SSSR count). The lowest BCUT2D eigenvalue weighted by molar-refractivity contribution is -0.0587. The SMILES string of the molecule is CO[C@H](CN1CCCC1)[C@@H](CN1CCCC1)OC. The van der Waals surface area contributed by atoms with Crippen LogP contribution in [0, 0.1) is 0 Å². The van der Waals surface area contributed by atoms with Crippen LogP contribution in [0.5, 0.6) is 0 Å². The molecular formula is C14H28N2O2. The first kappa shape index (κ1) is 14.3. The maximum absolute atomic E-state index is 5.68. The largest absolute Gasteiger partial charge is 0.377 e. The summed E-state index contributed by atoms with van der Waals surface area (Å²) in [6.07, 6.45) is 5.74. The third-order valence-electron chi connectivity index (χ3n) is 4.29. The van der Waals surface area contributed by atoms with Crippen molar-refractivity contribution in [2.75, 3.05) is 53.5 Å². The van der Waals surface area contributed by atoms with Gasteiger partial charge in [0.15, 0.2) is 0 Å². The van der Waals surface area contributed by atoms with Gasteiger partial charge in [-0.2, -0.15) is 0 Å². The smallest absolute Gasteiger partial charge is 0.0971 e. The molecule has 0 radical (unpaired) electrons. The molecule has 2 saturated heterocycles. The van der Waals surface area contributed by atoms with Crippen molar-refractivity contribution < 1.29 is 9.47 Å². The average molecular weight is 256 g/mol. The first-order valence-corrected chi connectivity index (χ1v) is 7.34. The van der Waals surface area contributed by atoms with Crippen molar-refractivity contribution >= 4 is 0 Å². The Morgan fingerprint density at radius 2 is 1.06 bits per heavy atom. The predicted molar refractivity (Wildman–Crippen MR) is 72.9 cm³/mol. The normalized spacial score (nSPS) is 25.7. The average Bonchev–Trinajstić information content (AvgIpc) is 3.06. The van der Waals surface area contributed by atoms with Crippen LogP contribution in [0.3, 0.4) is 0 Å². The minimum Gasteiger partial charge on any atom is -0.377 e. The fourth-order valence-electron chi connectivity index (χ4n) is 3.13. The molecule has 0 bridgehead atoms. The van der Waals surface area contributed by atoms with E-state index in [1.807, 2.05) is 14.2 Å². The van der Waals surface area contributed by atoms with E-state index in [1.165, 1.54) is 51.9 Å². The molecule has 0 amide bonds. The number of likely N-dealkylation sites (tertiary alicyclic amines) is 2. The van der Waals surface area contributed by atoms with Crippen molar-refractivity contribution in [1.82, 2.24) is 9.80 Å². The fraction of sp³-hybridized carbons (Fsp3) is 1.00. The van der Waals surface area contributed by atoms with Crippen molar-refractivity contribution in [2.24, 2.45) is 0 Å². The molecule has 2 heterocycles.